The lowest BCUT2D eigenvalue weighted by atomic mass is 10.1. The molecule has 0 spiro atoms. The van der Waals surface area contributed by atoms with Crippen LogP contribution in [0.25, 0.3) is 0 Å². The Bertz CT molecular complexity index is 884. The summed E-state index contributed by atoms with van der Waals surface area (Å²) in [6, 6.07) is 13.1. The Kier molecular flexibility index (Phi) is 6.01. The lowest BCUT2D eigenvalue weighted by molar-refractivity contribution is 0.381. The molecule has 1 aliphatic heterocycles. The van der Waals surface area contributed by atoms with Crippen LogP contribution in [-0.4, -0.2) is 44.3 Å². The first-order valence-corrected chi connectivity index (χ1v) is 10.1. The van der Waals surface area contributed by atoms with Gasteiger partial charge in [0, 0.05) is 44.4 Å². The van der Waals surface area contributed by atoms with Gasteiger partial charge in [0.25, 0.3) is 10.2 Å². The average molecular weight is 391 g/mol. The predicted molar refractivity (Wildman–Crippen MR) is 104 cm³/mol. The highest BCUT2D eigenvalue weighted by molar-refractivity contribution is 7.86. The second-order valence-electron chi connectivity index (χ2n) is 6.37. The van der Waals surface area contributed by atoms with Crippen LogP contribution in [0.1, 0.15) is 16.7 Å². The first-order chi connectivity index (χ1) is 13.0. The van der Waals surface area contributed by atoms with E-state index in [1.54, 1.807) is 26.4 Å². The zero-order valence-corrected chi connectivity index (χ0v) is 16.4. The number of hydrogen-bond donors (Lipinski definition) is 1. The van der Waals surface area contributed by atoms with Crippen molar-refractivity contribution in [3.05, 3.63) is 59.2 Å². The SMILES string of the molecule is COc1ccc(CN2CCN(Cc3ccc(CN)cc3)S2(=O)=O)c(OC)c1. The van der Waals surface area contributed by atoms with Gasteiger partial charge >= 0.3 is 0 Å². The van der Waals surface area contributed by atoms with Crippen LogP contribution in [0.2, 0.25) is 0 Å². The Morgan fingerprint density at radius 2 is 1.56 bits per heavy atom. The molecule has 1 heterocycles. The minimum absolute atomic E-state index is 0.262. The number of hydrogen-bond acceptors (Lipinski definition) is 5. The predicted octanol–water partition coefficient (Wildman–Crippen LogP) is 1.73. The molecule has 0 bridgehead atoms. The lowest BCUT2D eigenvalue weighted by Crippen LogP contribution is -2.32. The first-order valence-electron chi connectivity index (χ1n) is 8.72. The van der Waals surface area contributed by atoms with E-state index in [4.69, 9.17) is 15.2 Å². The standard InChI is InChI=1S/C19H25N3O4S/c1-25-18-8-7-17(19(11-18)26-2)14-22-10-9-21(27(22,23)24)13-16-5-3-15(12-20)4-6-16/h3-8,11H,9-10,12-14,20H2,1-2H3. The van der Waals surface area contributed by atoms with Crippen LogP contribution in [0.5, 0.6) is 11.5 Å². The van der Waals surface area contributed by atoms with Crippen molar-refractivity contribution in [1.82, 2.24) is 8.61 Å². The zero-order chi connectivity index (χ0) is 19.4. The molecule has 0 amide bonds. The van der Waals surface area contributed by atoms with Crippen molar-refractivity contribution >= 4 is 10.2 Å². The minimum atomic E-state index is -3.53. The molecular formula is C19H25N3O4S. The molecule has 0 aliphatic carbocycles. The molecule has 8 heteroatoms. The third-order valence-electron chi connectivity index (χ3n) is 4.71. The monoisotopic (exact) mass is 391 g/mol. The van der Waals surface area contributed by atoms with E-state index in [-0.39, 0.29) is 6.54 Å². The van der Waals surface area contributed by atoms with E-state index in [1.807, 2.05) is 30.3 Å². The summed E-state index contributed by atoms with van der Waals surface area (Å²) in [7, 11) is -0.381. The highest BCUT2D eigenvalue weighted by atomic mass is 32.2. The van der Waals surface area contributed by atoms with E-state index < -0.39 is 10.2 Å². The van der Waals surface area contributed by atoms with Crippen molar-refractivity contribution in [2.75, 3.05) is 27.3 Å². The maximum Gasteiger partial charge on any atom is 0.282 e. The molecule has 2 N–H and O–H groups in total. The van der Waals surface area contributed by atoms with Gasteiger partial charge in [-0.15, -0.1) is 0 Å². The second kappa shape index (κ2) is 8.26. The summed E-state index contributed by atoms with van der Waals surface area (Å²) < 4.78 is 39.4. The van der Waals surface area contributed by atoms with Crippen LogP contribution in [0.15, 0.2) is 42.5 Å². The molecule has 7 nitrogen and oxygen atoms in total. The number of benzene rings is 2. The Morgan fingerprint density at radius 1 is 0.926 bits per heavy atom. The molecule has 0 saturated carbocycles. The van der Waals surface area contributed by atoms with Crippen LogP contribution >= 0.6 is 0 Å². The van der Waals surface area contributed by atoms with Crippen LogP contribution in [0.4, 0.5) is 0 Å². The molecule has 2 aromatic rings. The fourth-order valence-corrected chi connectivity index (χ4v) is 4.66. The van der Waals surface area contributed by atoms with E-state index >= 15 is 0 Å². The van der Waals surface area contributed by atoms with Gasteiger partial charge in [0.1, 0.15) is 11.5 Å². The fourth-order valence-electron chi connectivity index (χ4n) is 3.10. The third-order valence-corrected chi connectivity index (χ3v) is 6.64. The van der Waals surface area contributed by atoms with Crippen molar-refractivity contribution in [1.29, 1.82) is 0 Å². The molecule has 1 fully saturated rings. The van der Waals surface area contributed by atoms with Crippen LogP contribution < -0.4 is 15.2 Å². The van der Waals surface area contributed by atoms with E-state index in [9.17, 15) is 8.42 Å². The number of methoxy groups -OCH3 is 2. The van der Waals surface area contributed by atoms with Gasteiger partial charge in [0.2, 0.25) is 0 Å². The van der Waals surface area contributed by atoms with Gasteiger partial charge in [-0.2, -0.15) is 17.0 Å². The first kappa shape index (κ1) is 19.6. The minimum Gasteiger partial charge on any atom is -0.497 e. The summed E-state index contributed by atoms with van der Waals surface area (Å²) in [4.78, 5) is 0. The molecule has 2 aromatic carbocycles. The highest BCUT2D eigenvalue weighted by Crippen LogP contribution is 2.29. The molecule has 1 aliphatic rings. The van der Waals surface area contributed by atoms with E-state index in [0.717, 1.165) is 16.7 Å². The number of ether oxygens (including phenoxy) is 2. The summed E-state index contributed by atoms with van der Waals surface area (Å²) >= 11 is 0. The molecule has 1 saturated heterocycles. The molecule has 146 valence electrons. The molecule has 0 radical (unpaired) electrons. The summed E-state index contributed by atoms with van der Waals surface area (Å²) in [5.74, 6) is 1.28. The van der Waals surface area contributed by atoms with Gasteiger partial charge in [0.15, 0.2) is 0 Å². The summed E-state index contributed by atoms with van der Waals surface area (Å²) in [5.41, 5.74) is 8.38. The second-order valence-corrected chi connectivity index (χ2v) is 8.30. The Hall–Kier alpha value is -2.13. The molecular weight excluding hydrogens is 366 g/mol. The molecule has 3 rings (SSSR count). The topological polar surface area (TPSA) is 85.1 Å². The molecule has 0 atom stereocenters. The van der Waals surface area contributed by atoms with E-state index in [0.29, 0.717) is 37.7 Å². The third kappa shape index (κ3) is 4.24. The van der Waals surface area contributed by atoms with Crippen LogP contribution in [0, 0.1) is 0 Å². The fraction of sp³-hybridized carbons (Fsp3) is 0.368. The van der Waals surface area contributed by atoms with E-state index in [2.05, 4.69) is 0 Å². The number of nitrogens with two attached hydrogens (primary N) is 1. The van der Waals surface area contributed by atoms with Crippen molar-refractivity contribution in [3.8, 4) is 11.5 Å². The quantitative estimate of drug-likeness (QED) is 0.777. The lowest BCUT2D eigenvalue weighted by Gasteiger charge is -2.20. The number of nitrogens with zero attached hydrogens (tertiary/aromatic N) is 2. The van der Waals surface area contributed by atoms with Gasteiger partial charge in [-0.1, -0.05) is 30.3 Å². The zero-order valence-electron chi connectivity index (χ0n) is 15.6. The van der Waals surface area contributed by atoms with Crippen molar-refractivity contribution in [2.24, 2.45) is 5.73 Å². The van der Waals surface area contributed by atoms with Crippen LogP contribution in [0.3, 0.4) is 0 Å². The van der Waals surface area contributed by atoms with Gasteiger partial charge in [0.05, 0.1) is 14.2 Å². The van der Waals surface area contributed by atoms with Crippen molar-refractivity contribution < 1.29 is 17.9 Å². The molecule has 27 heavy (non-hydrogen) atoms. The van der Waals surface area contributed by atoms with Gasteiger partial charge in [-0.25, -0.2) is 0 Å². The van der Waals surface area contributed by atoms with E-state index in [1.165, 1.54) is 8.61 Å². The van der Waals surface area contributed by atoms with Crippen molar-refractivity contribution in [2.45, 2.75) is 19.6 Å². The average Bonchev–Trinajstić information content (AvgIpc) is 2.96. The Morgan fingerprint density at radius 3 is 2.15 bits per heavy atom. The highest BCUT2D eigenvalue weighted by Gasteiger charge is 2.36. The Labute approximate surface area is 160 Å². The maximum absolute atomic E-state index is 12.9. The van der Waals surface area contributed by atoms with Gasteiger partial charge in [-0.3, -0.25) is 0 Å². The maximum atomic E-state index is 12.9. The number of rotatable bonds is 7. The van der Waals surface area contributed by atoms with Gasteiger partial charge in [-0.05, 0) is 17.2 Å². The largest absolute Gasteiger partial charge is 0.497 e. The summed E-state index contributed by atoms with van der Waals surface area (Å²) in [5, 5.41) is 0. The summed E-state index contributed by atoms with van der Waals surface area (Å²) in [6.45, 7) is 1.99. The molecule has 0 unspecified atom stereocenters. The summed E-state index contributed by atoms with van der Waals surface area (Å²) in [6.07, 6.45) is 0. The normalized spacial score (nSPS) is 17.1. The van der Waals surface area contributed by atoms with Gasteiger partial charge < -0.3 is 15.2 Å². The smallest absolute Gasteiger partial charge is 0.282 e. The van der Waals surface area contributed by atoms with Crippen molar-refractivity contribution in [3.63, 3.8) is 0 Å². The molecule has 0 aromatic heterocycles. The van der Waals surface area contributed by atoms with Crippen LogP contribution in [-0.2, 0) is 29.8 Å². The Balaban J connectivity index is 1.73.